The Morgan fingerprint density at radius 1 is 1.35 bits per heavy atom. The Hall–Kier alpha value is -2.67. The van der Waals surface area contributed by atoms with Gasteiger partial charge in [-0.1, -0.05) is 0 Å². The molecule has 0 bridgehead atoms. The Labute approximate surface area is 147 Å². The molecule has 12 nitrogen and oxygen atoms in total. The molecule has 140 valence electrons. The lowest BCUT2D eigenvalue weighted by atomic mass is 10.2. The van der Waals surface area contributed by atoms with Crippen LogP contribution in [0.1, 0.15) is 12.6 Å². The topological polar surface area (TPSA) is 178 Å². The third-order valence-electron chi connectivity index (χ3n) is 3.94. The summed E-state index contributed by atoms with van der Waals surface area (Å²) in [6.07, 6.45) is 0.966. The van der Waals surface area contributed by atoms with Gasteiger partial charge >= 0.3 is 0 Å². The minimum absolute atomic E-state index is 0.179. The average Bonchev–Trinajstić information content (AvgIpc) is 3.23. The van der Waals surface area contributed by atoms with Crippen LogP contribution in [0.4, 0.5) is 5.82 Å². The molecule has 0 radical (unpaired) electrons. The second kappa shape index (κ2) is 7.70. The summed E-state index contributed by atoms with van der Waals surface area (Å²) in [6.45, 7) is -0.759. The van der Waals surface area contributed by atoms with Gasteiger partial charge in [0.2, 0.25) is 11.8 Å². The first-order valence-corrected chi connectivity index (χ1v) is 7.92. The van der Waals surface area contributed by atoms with Crippen LogP contribution >= 0.6 is 0 Å². The molecule has 0 aromatic carbocycles. The summed E-state index contributed by atoms with van der Waals surface area (Å²) in [6, 6.07) is 0. The van der Waals surface area contributed by atoms with Gasteiger partial charge < -0.3 is 31.3 Å². The standard InChI is InChI=1S/C14H19N7O5/c15-2-9(24)16-3-10(25)20-13-12-14(18-5-17-13)21(6-19-12)11-1-7(23)8(4-22)26-11/h5-8,11,22-23H,1-4,15H2,(H,16,24)(H,17,18,20,25)/t7-,8+,11+/m0/s1. The fraction of sp³-hybridized carbons (Fsp3) is 0.500. The number of hydrogen-bond donors (Lipinski definition) is 5. The highest BCUT2D eigenvalue weighted by Gasteiger charge is 2.35. The largest absolute Gasteiger partial charge is 0.394 e. The van der Waals surface area contributed by atoms with Gasteiger partial charge in [-0.3, -0.25) is 14.2 Å². The molecule has 0 aliphatic carbocycles. The van der Waals surface area contributed by atoms with Crippen molar-refractivity contribution in [2.24, 2.45) is 5.73 Å². The number of carbonyl (C=O) groups is 2. The van der Waals surface area contributed by atoms with E-state index < -0.39 is 30.3 Å². The molecule has 6 N–H and O–H groups in total. The van der Waals surface area contributed by atoms with Crippen molar-refractivity contribution in [1.82, 2.24) is 24.8 Å². The number of aliphatic hydroxyl groups excluding tert-OH is 2. The van der Waals surface area contributed by atoms with Crippen LogP contribution in [-0.4, -0.2) is 73.5 Å². The summed E-state index contributed by atoms with van der Waals surface area (Å²) in [4.78, 5) is 35.4. The van der Waals surface area contributed by atoms with Gasteiger partial charge in [0.05, 0.1) is 32.1 Å². The normalized spacial score (nSPS) is 22.5. The lowest BCUT2D eigenvalue weighted by Crippen LogP contribution is -2.36. The van der Waals surface area contributed by atoms with Crippen LogP contribution < -0.4 is 16.4 Å². The zero-order valence-electron chi connectivity index (χ0n) is 13.7. The van der Waals surface area contributed by atoms with Crippen LogP contribution in [0.2, 0.25) is 0 Å². The van der Waals surface area contributed by atoms with Gasteiger partial charge in [0.25, 0.3) is 0 Å². The maximum atomic E-state index is 11.9. The first kappa shape index (κ1) is 18.1. The molecule has 1 fully saturated rings. The van der Waals surface area contributed by atoms with Gasteiger partial charge in [-0.15, -0.1) is 0 Å². The van der Waals surface area contributed by atoms with E-state index >= 15 is 0 Å². The van der Waals surface area contributed by atoms with Crippen molar-refractivity contribution in [3.8, 4) is 0 Å². The van der Waals surface area contributed by atoms with Crippen molar-refractivity contribution in [3.63, 3.8) is 0 Å². The Morgan fingerprint density at radius 3 is 2.85 bits per heavy atom. The van der Waals surface area contributed by atoms with Crippen LogP contribution in [0.3, 0.4) is 0 Å². The summed E-state index contributed by atoms with van der Waals surface area (Å²) in [7, 11) is 0. The van der Waals surface area contributed by atoms with Crippen LogP contribution in [0, 0.1) is 0 Å². The maximum Gasteiger partial charge on any atom is 0.244 e. The van der Waals surface area contributed by atoms with Gasteiger partial charge in [-0.2, -0.15) is 0 Å². The summed E-state index contributed by atoms with van der Waals surface area (Å²) < 4.78 is 7.19. The van der Waals surface area contributed by atoms with E-state index in [1.807, 2.05) is 0 Å². The van der Waals surface area contributed by atoms with Crippen LogP contribution in [0.5, 0.6) is 0 Å². The van der Waals surface area contributed by atoms with Crippen molar-refractivity contribution < 1.29 is 24.5 Å². The van der Waals surface area contributed by atoms with Crippen LogP contribution in [-0.2, 0) is 14.3 Å². The minimum Gasteiger partial charge on any atom is -0.394 e. The SMILES string of the molecule is NCC(=O)NCC(=O)Nc1ncnc2c1ncn2[C@H]1C[C@H](O)[C@@H](CO)O1. The number of fused-ring (bicyclic) bond motifs is 1. The van der Waals surface area contributed by atoms with E-state index in [0.29, 0.717) is 11.2 Å². The monoisotopic (exact) mass is 365 g/mol. The van der Waals surface area contributed by atoms with Crippen molar-refractivity contribution in [1.29, 1.82) is 0 Å². The number of rotatable bonds is 6. The van der Waals surface area contributed by atoms with E-state index in [0.717, 1.165) is 0 Å². The molecule has 12 heteroatoms. The van der Waals surface area contributed by atoms with E-state index in [1.54, 1.807) is 4.57 Å². The molecule has 3 atom stereocenters. The van der Waals surface area contributed by atoms with Crippen LogP contribution in [0.25, 0.3) is 11.2 Å². The second-order valence-corrected chi connectivity index (χ2v) is 5.69. The van der Waals surface area contributed by atoms with E-state index in [9.17, 15) is 19.8 Å². The van der Waals surface area contributed by atoms with Gasteiger partial charge in [0.1, 0.15) is 18.7 Å². The smallest absolute Gasteiger partial charge is 0.244 e. The fourth-order valence-corrected chi connectivity index (χ4v) is 2.63. The third-order valence-corrected chi connectivity index (χ3v) is 3.94. The van der Waals surface area contributed by atoms with Crippen molar-refractivity contribution in [2.45, 2.75) is 24.9 Å². The number of nitrogens with one attached hydrogen (secondary N) is 2. The second-order valence-electron chi connectivity index (χ2n) is 5.69. The first-order chi connectivity index (χ1) is 12.5. The summed E-state index contributed by atoms with van der Waals surface area (Å²) in [5.41, 5.74) is 5.89. The Balaban J connectivity index is 1.77. The minimum atomic E-state index is -0.797. The predicted octanol–water partition coefficient (Wildman–Crippen LogP) is -2.52. The van der Waals surface area contributed by atoms with Crippen LogP contribution in [0.15, 0.2) is 12.7 Å². The van der Waals surface area contributed by atoms with Crippen molar-refractivity contribution in [3.05, 3.63) is 12.7 Å². The number of hydrogen-bond acceptors (Lipinski definition) is 9. The molecule has 1 aliphatic heterocycles. The molecular weight excluding hydrogens is 346 g/mol. The number of nitrogens with two attached hydrogens (primary N) is 1. The zero-order valence-corrected chi connectivity index (χ0v) is 13.7. The highest BCUT2D eigenvalue weighted by atomic mass is 16.5. The number of ether oxygens (including phenoxy) is 1. The lowest BCUT2D eigenvalue weighted by Gasteiger charge is -2.13. The number of imidazole rings is 1. The number of carbonyl (C=O) groups excluding carboxylic acids is 2. The summed E-state index contributed by atoms with van der Waals surface area (Å²) in [5.74, 6) is -0.764. The number of aliphatic hydroxyl groups is 2. The zero-order chi connectivity index (χ0) is 18.7. The molecule has 0 saturated carbocycles. The molecule has 0 unspecified atom stereocenters. The molecule has 2 amide bonds. The highest BCUT2D eigenvalue weighted by molar-refractivity contribution is 5.99. The number of amides is 2. The Kier molecular flexibility index (Phi) is 5.37. The Morgan fingerprint density at radius 2 is 2.15 bits per heavy atom. The first-order valence-electron chi connectivity index (χ1n) is 7.92. The molecule has 2 aromatic heterocycles. The quantitative estimate of drug-likeness (QED) is 0.369. The van der Waals surface area contributed by atoms with E-state index in [-0.39, 0.29) is 31.9 Å². The highest BCUT2D eigenvalue weighted by Crippen LogP contribution is 2.31. The molecule has 3 heterocycles. The molecule has 3 rings (SSSR count). The molecular formula is C14H19N7O5. The van der Waals surface area contributed by atoms with Crippen molar-refractivity contribution >= 4 is 28.8 Å². The summed E-state index contributed by atoms with van der Waals surface area (Å²) in [5, 5.41) is 24.0. The molecule has 1 saturated heterocycles. The van der Waals surface area contributed by atoms with E-state index in [4.69, 9.17) is 10.5 Å². The van der Waals surface area contributed by atoms with Gasteiger partial charge in [-0.05, 0) is 0 Å². The lowest BCUT2D eigenvalue weighted by molar-refractivity contribution is -0.123. The maximum absolute atomic E-state index is 11.9. The van der Waals surface area contributed by atoms with Gasteiger partial charge in [0, 0.05) is 6.42 Å². The van der Waals surface area contributed by atoms with Gasteiger partial charge in [-0.25, -0.2) is 15.0 Å². The fourth-order valence-electron chi connectivity index (χ4n) is 2.63. The van der Waals surface area contributed by atoms with E-state index in [1.165, 1.54) is 12.7 Å². The molecule has 26 heavy (non-hydrogen) atoms. The summed E-state index contributed by atoms with van der Waals surface area (Å²) >= 11 is 0. The third kappa shape index (κ3) is 3.62. The molecule has 2 aromatic rings. The average molecular weight is 365 g/mol. The van der Waals surface area contributed by atoms with E-state index in [2.05, 4.69) is 25.6 Å². The Bertz CT molecular complexity index is 810. The number of nitrogens with zero attached hydrogens (tertiary/aromatic N) is 4. The number of anilines is 1. The van der Waals surface area contributed by atoms with Crippen molar-refractivity contribution in [2.75, 3.05) is 25.0 Å². The predicted molar refractivity (Wildman–Crippen MR) is 87.6 cm³/mol. The van der Waals surface area contributed by atoms with Gasteiger partial charge in [0.15, 0.2) is 17.0 Å². The number of aromatic nitrogens is 4. The molecule has 1 aliphatic rings. The molecule has 0 spiro atoms.